The van der Waals surface area contributed by atoms with Gasteiger partial charge in [0.2, 0.25) is 17.7 Å². The largest absolute Gasteiger partial charge is 0.505 e. The molecule has 8 aromatic carbocycles. The number of piperidine rings is 3. The number of carboxylic acids is 1. The van der Waals surface area contributed by atoms with Crippen molar-refractivity contribution in [1.82, 2.24) is 40.3 Å². The quantitative estimate of drug-likeness (QED) is 0.0211. The third-order valence-electron chi connectivity index (χ3n) is 21.4. The highest BCUT2D eigenvalue weighted by Gasteiger charge is 2.33. The smallest absolute Gasteiger partial charge is 0.342 e. The summed E-state index contributed by atoms with van der Waals surface area (Å²) in [6.07, 6.45) is 7.81. The Morgan fingerprint density at radius 3 is 1.01 bits per heavy atom. The average molecular weight is 1740 g/mol. The highest BCUT2D eigenvalue weighted by Crippen LogP contribution is 2.39. The summed E-state index contributed by atoms with van der Waals surface area (Å²) in [5.41, 5.74) is 7.36. The van der Waals surface area contributed by atoms with Crippen molar-refractivity contribution in [2.75, 3.05) is 79.8 Å². The van der Waals surface area contributed by atoms with E-state index in [9.17, 15) is 66.5 Å². The number of methoxy groups -OCH3 is 2. The number of ether oxygens (including phenoxy) is 7. The molecule has 6 heterocycles. The Labute approximate surface area is 735 Å². The van der Waals surface area contributed by atoms with Crippen LogP contribution in [-0.4, -0.2) is 191 Å². The molecule has 4 N–H and O–H groups in total. The Balaban J connectivity index is 0.000000214. The summed E-state index contributed by atoms with van der Waals surface area (Å²) in [6.45, 7) is 8.80. The Kier molecular flexibility index (Phi) is 35.4. The average Bonchev–Trinajstić information content (AvgIpc) is 0.780. The summed E-state index contributed by atoms with van der Waals surface area (Å²) >= 11 is 0. The van der Waals surface area contributed by atoms with E-state index in [-0.39, 0.29) is 145 Å². The molecule has 29 heteroatoms. The Hall–Kier alpha value is -13.7. The number of carboxylic acid groups (broad SMARTS) is 1. The summed E-state index contributed by atoms with van der Waals surface area (Å²) in [5, 5.41) is 27.9. The lowest BCUT2D eigenvalue weighted by Gasteiger charge is -2.31. The van der Waals surface area contributed by atoms with Crippen LogP contribution in [0.1, 0.15) is 188 Å². The number of hydrogen-bond donors (Lipinski definition) is 4. The molecule has 0 radical (unpaired) electrons. The molecule has 127 heavy (non-hydrogen) atoms. The van der Waals surface area contributed by atoms with Gasteiger partial charge in [-0.25, -0.2) is 32.3 Å². The minimum Gasteiger partial charge on any atom is -0.505 e. The number of carbonyl (C=O) groups excluding carboxylic acids is 8. The van der Waals surface area contributed by atoms with Crippen molar-refractivity contribution in [3.8, 4) is 17.2 Å². The predicted molar refractivity (Wildman–Crippen MR) is 474 cm³/mol. The van der Waals surface area contributed by atoms with E-state index in [2.05, 4.69) is 20.6 Å². The van der Waals surface area contributed by atoms with E-state index in [0.29, 0.717) is 138 Å². The fraction of sp³-hybridized carbons (Fsp3) is 0.327. The van der Waals surface area contributed by atoms with Crippen LogP contribution < -0.4 is 20.1 Å². The molecule has 5 amide bonds. The molecule has 3 aliphatic rings. The molecule has 3 saturated heterocycles. The Morgan fingerprint density at radius 1 is 0.386 bits per heavy atom. The molecule has 0 unspecified atom stereocenters. The monoisotopic (exact) mass is 1740 g/mol. The molecular formula is C98H107F3N8O18. The van der Waals surface area contributed by atoms with Crippen molar-refractivity contribution < 1.29 is 99.7 Å². The lowest BCUT2D eigenvalue weighted by molar-refractivity contribution is -0.131. The lowest BCUT2D eigenvalue weighted by atomic mass is 9.98. The molecule has 3 aromatic heterocycles. The van der Waals surface area contributed by atoms with Crippen molar-refractivity contribution in [3.05, 3.63) is 284 Å². The first-order chi connectivity index (χ1) is 59.9. The first-order valence-corrected chi connectivity index (χ1v) is 40.7. The van der Waals surface area contributed by atoms with Gasteiger partial charge in [0.1, 0.15) is 82.2 Å². The van der Waals surface area contributed by atoms with Crippen molar-refractivity contribution >= 4 is 86.1 Å². The zero-order valence-electron chi connectivity index (χ0n) is 69.2. The number of phenolic OH excluding ortho intramolecular Hbond substituents is 1. The molecule has 0 spiro atoms. The first kappa shape index (κ1) is 97.1. The van der Waals surface area contributed by atoms with Gasteiger partial charge in [-0.15, -0.1) is 0 Å². The molecular weight excluding hydrogens is 1630 g/mol. The van der Waals surface area contributed by atoms with Crippen LogP contribution >= 0.6 is 0 Å². The van der Waals surface area contributed by atoms with Crippen LogP contribution in [-0.2, 0) is 70.5 Å². The predicted octanol–water partition coefficient (Wildman–Crippen LogP) is 15.6. The molecule has 0 aliphatic carbocycles. The minimum absolute atomic E-state index is 0. The number of esters is 3. The van der Waals surface area contributed by atoms with E-state index >= 15 is 0 Å². The number of halogens is 3. The normalized spacial score (nSPS) is 13.3. The topological polar surface area (TPSA) is 331 Å². The summed E-state index contributed by atoms with van der Waals surface area (Å²) in [5.74, 6) is -5.34. The van der Waals surface area contributed by atoms with Crippen molar-refractivity contribution in [2.24, 2.45) is 0 Å². The van der Waals surface area contributed by atoms with Crippen LogP contribution in [0.25, 0.3) is 32.7 Å². The molecule has 668 valence electrons. The third kappa shape index (κ3) is 26.0. The van der Waals surface area contributed by atoms with Gasteiger partial charge in [-0.05, 0) is 137 Å². The van der Waals surface area contributed by atoms with Gasteiger partial charge in [0.05, 0.1) is 18.8 Å². The van der Waals surface area contributed by atoms with Crippen molar-refractivity contribution in [1.29, 1.82) is 0 Å². The molecule has 3 aliphatic heterocycles. The number of nitrogens with one attached hydrogen (secondary N) is 2. The number of amides is 5. The second-order valence-electron chi connectivity index (χ2n) is 30.2. The van der Waals surface area contributed by atoms with Crippen LogP contribution in [0.15, 0.2) is 188 Å². The molecule has 14 rings (SSSR count). The van der Waals surface area contributed by atoms with Crippen molar-refractivity contribution in [3.63, 3.8) is 0 Å². The van der Waals surface area contributed by atoms with Crippen LogP contribution in [0.2, 0.25) is 0 Å². The van der Waals surface area contributed by atoms with E-state index in [1.807, 2.05) is 66.7 Å². The van der Waals surface area contributed by atoms with Crippen LogP contribution in [0.3, 0.4) is 0 Å². The van der Waals surface area contributed by atoms with E-state index in [1.165, 1.54) is 82.5 Å². The van der Waals surface area contributed by atoms with Gasteiger partial charge >= 0.3 is 23.9 Å². The molecule has 0 bridgehead atoms. The Morgan fingerprint density at radius 2 is 0.685 bits per heavy atom. The SMILES string of the molecule is C.C.C.CC(=O)N1CCC(OC(=O)c2cc(C(=O)O)c3cc(Cc4ccc(F)cc4)cnc3c2OCc2ccccc2)CC1.COCCNC(=O)c1cc(C(=O)OC2CCN(C(C)=O)CC2)c(O)c2ncc(Cc3ccc(F)cc3)cc12.COCCNC(=O)c1cc(C(=O)OC2CCN(C(C)=O)CC2)c(OCc2ccccc2)c2ncc(Cc3ccc(F)cc3)cc12. The number of aromatic nitrogens is 3. The number of rotatable bonds is 27. The molecule has 26 nitrogen and oxygen atoms in total. The maximum Gasteiger partial charge on any atom is 0.342 e. The summed E-state index contributed by atoms with van der Waals surface area (Å²) in [7, 11) is 3.06. The van der Waals surface area contributed by atoms with Crippen molar-refractivity contribution in [2.45, 2.75) is 132 Å². The fourth-order valence-corrected chi connectivity index (χ4v) is 14.7. The number of hydrogen-bond acceptors (Lipinski definition) is 20. The van der Waals surface area contributed by atoms with Gasteiger partial charge in [0.15, 0.2) is 17.2 Å². The molecule has 0 atom stereocenters. The number of pyridine rings is 3. The number of aromatic carboxylic acids is 1. The molecule has 3 fully saturated rings. The van der Waals surface area contributed by atoms with Gasteiger partial charge in [0, 0.05) is 172 Å². The van der Waals surface area contributed by atoms with E-state index < -0.39 is 54.0 Å². The summed E-state index contributed by atoms with van der Waals surface area (Å²) in [4.78, 5) is 133. The Bertz CT molecular complexity index is 5670. The van der Waals surface area contributed by atoms with Gasteiger partial charge in [-0.2, -0.15) is 0 Å². The summed E-state index contributed by atoms with van der Waals surface area (Å²) < 4.78 is 80.1. The number of aromatic hydroxyl groups is 1. The van der Waals surface area contributed by atoms with Crippen LogP contribution in [0, 0.1) is 17.5 Å². The number of nitrogens with zero attached hydrogens (tertiary/aromatic N) is 6. The van der Waals surface area contributed by atoms with E-state index in [1.54, 1.807) is 88.9 Å². The number of carbonyl (C=O) groups is 9. The van der Waals surface area contributed by atoms with E-state index in [0.717, 1.165) is 38.9 Å². The molecule has 11 aromatic rings. The second-order valence-corrected chi connectivity index (χ2v) is 30.2. The van der Waals surface area contributed by atoms with Gasteiger partial charge in [0.25, 0.3) is 11.8 Å². The summed E-state index contributed by atoms with van der Waals surface area (Å²) in [6, 6.07) is 46.6. The zero-order chi connectivity index (χ0) is 87.9. The third-order valence-corrected chi connectivity index (χ3v) is 21.4. The number of likely N-dealkylation sites (tertiary alicyclic amines) is 3. The maximum atomic E-state index is 13.8. The lowest BCUT2D eigenvalue weighted by Crippen LogP contribution is -2.40. The second kappa shape index (κ2) is 46.3. The molecule has 0 saturated carbocycles. The zero-order valence-corrected chi connectivity index (χ0v) is 69.2. The number of benzene rings is 8. The van der Waals surface area contributed by atoms with E-state index in [4.69, 9.17) is 38.1 Å². The minimum atomic E-state index is -1.23. The van der Waals surface area contributed by atoms with Crippen LogP contribution in [0.5, 0.6) is 17.2 Å². The highest BCUT2D eigenvalue weighted by molar-refractivity contribution is 6.14. The first-order valence-electron chi connectivity index (χ1n) is 40.7. The fourth-order valence-electron chi connectivity index (χ4n) is 14.7. The number of fused-ring (bicyclic) bond motifs is 3. The van der Waals surface area contributed by atoms with Gasteiger partial charge in [-0.1, -0.05) is 119 Å². The highest BCUT2D eigenvalue weighted by atomic mass is 19.1. The van der Waals surface area contributed by atoms with Gasteiger partial charge in [-0.3, -0.25) is 38.9 Å². The maximum absolute atomic E-state index is 13.8. The van der Waals surface area contributed by atoms with Gasteiger partial charge < -0.3 is 68.7 Å². The van der Waals surface area contributed by atoms with Crippen LogP contribution in [0.4, 0.5) is 13.2 Å². The number of phenols is 1. The standard InChI is InChI=1S/C35H36FN3O6.C32H29FN2O6.C28H30FN3O6.3CH4/c1-23(40)39-15-12-28(13-16-39)45-35(42)31-20-30(34(41)37-14-17-43-2)29-19-26(18-24-8-10-27(36)11-9-24)21-38-32(29)33(31)44-22-25-6-4-3-5-7-25;1-20(36)35-13-11-25(12-14-35)41-32(39)28-17-27(31(37)38)26-16-23(15-21-7-9-24(33)10-8-21)18-34-29(26)30(28)40-19-22-5-3-2-4-6-22;1-17(33)32-10-7-21(8-11-32)38-28(36)24-15-23(27(35)30-9-12-37-2)22-14-19(16-31-25(22)26(24)34)13-18-3-5-20(29)6-4-18;;;/h3-11,19-21,28H,12-18,22H2,1-2H3,(H,37,41);2-10,16-18,25H,11-15,19H2,1H3,(H,37,38);3-6,14-16,21,34H,7-13H2,1-2H3,(H,30,35);3*1H4.